The summed E-state index contributed by atoms with van der Waals surface area (Å²) in [5.41, 5.74) is 0.680. The van der Waals surface area contributed by atoms with E-state index in [0.717, 1.165) is 18.0 Å². The predicted molar refractivity (Wildman–Crippen MR) is 77.3 cm³/mol. The quantitative estimate of drug-likeness (QED) is 0.794. The SMILES string of the molecule is O=C(N1CCNCC1)N1CCSc2cc(F)c(F)cc2C1. The van der Waals surface area contributed by atoms with Crippen molar-refractivity contribution in [1.82, 2.24) is 15.1 Å². The zero-order valence-electron chi connectivity index (χ0n) is 11.6. The van der Waals surface area contributed by atoms with Gasteiger partial charge in [-0.1, -0.05) is 0 Å². The molecule has 0 spiro atoms. The number of nitrogens with zero attached hydrogens (tertiary/aromatic N) is 2. The molecule has 1 aromatic rings. The second-order valence-corrected chi connectivity index (χ2v) is 6.30. The summed E-state index contributed by atoms with van der Waals surface area (Å²) in [4.78, 5) is 16.8. The summed E-state index contributed by atoms with van der Waals surface area (Å²) in [5, 5.41) is 3.21. The van der Waals surface area contributed by atoms with E-state index in [1.807, 2.05) is 4.90 Å². The van der Waals surface area contributed by atoms with Gasteiger partial charge in [0, 0.05) is 49.9 Å². The van der Waals surface area contributed by atoms with Gasteiger partial charge in [-0.05, 0) is 17.7 Å². The number of fused-ring (bicyclic) bond motifs is 1. The molecule has 1 fully saturated rings. The van der Waals surface area contributed by atoms with Crippen LogP contribution >= 0.6 is 11.8 Å². The fraction of sp³-hybridized carbons (Fsp3) is 0.500. The van der Waals surface area contributed by atoms with Gasteiger partial charge in [-0.2, -0.15) is 0 Å². The highest BCUT2D eigenvalue weighted by Gasteiger charge is 2.25. The van der Waals surface area contributed by atoms with Gasteiger partial charge >= 0.3 is 6.03 Å². The normalized spacial score (nSPS) is 19.1. The minimum Gasteiger partial charge on any atom is -0.322 e. The molecule has 2 heterocycles. The first-order chi connectivity index (χ1) is 10.1. The molecule has 0 radical (unpaired) electrons. The Morgan fingerprint density at radius 2 is 1.81 bits per heavy atom. The lowest BCUT2D eigenvalue weighted by molar-refractivity contribution is 0.147. The number of carbonyl (C=O) groups is 1. The van der Waals surface area contributed by atoms with E-state index in [1.54, 1.807) is 4.90 Å². The van der Waals surface area contributed by atoms with E-state index in [9.17, 15) is 13.6 Å². The first-order valence-corrected chi connectivity index (χ1v) is 7.99. The molecule has 0 atom stereocenters. The van der Waals surface area contributed by atoms with Crippen LogP contribution in [0.5, 0.6) is 0 Å². The lowest BCUT2D eigenvalue weighted by atomic mass is 10.2. The highest BCUT2D eigenvalue weighted by molar-refractivity contribution is 7.99. The Morgan fingerprint density at radius 1 is 1.10 bits per heavy atom. The summed E-state index contributed by atoms with van der Waals surface area (Å²) in [6, 6.07) is 2.42. The fourth-order valence-electron chi connectivity index (χ4n) is 2.60. The van der Waals surface area contributed by atoms with Crippen molar-refractivity contribution in [1.29, 1.82) is 0 Å². The molecule has 3 rings (SSSR count). The topological polar surface area (TPSA) is 35.6 Å². The second kappa shape index (κ2) is 6.19. The van der Waals surface area contributed by atoms with Crippen LogP contribution in [0, 0.1) is 11.6 Å². The Labute approximate surface area is 126 Å². The molecule has 0 saturated carbocycles. The lowest BCUT2D eigenvalue weighted by Gasteiger charge is -2.32. The molecule has 0 unspecified atom stereocenters. The van der Waals surface area contributed by atoms with Gasteiger partial charge in [0.25, 0.3) is 0 Å². The standard InChI is InChI=1S/C14H17F2N3OS/c15-11-7-10-9-19(5-6-21-13(10)8-12(11)16)14(20)18-3-1-17-2-4-18/h7-8,17H,1-6,9H2. The number of rotatable bonds is 0. The number of carbonyl (C=O) groups excluding carboxylic acids is 1. The second-order valence-electron chi connectivity index (χ2n) is 5.16. The smallest absolute Gasteiger partial charge is 0.320 e. The van der Waals surface area contributed by atoms with Gasteiger partial charge in [-0.3, -0.25) is 0 Å². The molecule has 1 aromatic carbocycles. The minimum absolute atomic E-state index is 0.0188. The van der Waals surface area contributed by atoms with Crippen LogP contribution in [0.1, 0.15) is 5.56 Å². The van der Waals surface area contributed by atoms with Gasteiger partial charge in [-0.25, -0.2) is 13.6 Å². The van der Waals surface area contributed by atoms with Crippen molar-refractivity contribution in [2.75, 3.05) is 38.5 Å². The summed E-state index contributed by atoms with van der Waals surface area (Å²) >= 11 is 1.47. The third-order valence-electron chi connectivity index (χ3n) is 3.74. The maximum Gasteiger partial charge on any atom is 0.320 e. The molecule has 1 N–H and O–H groups in total. The monoisotopic (exact) mass is 313 g/mol. The summed E-state index contributed by atoms with van der Waals surface area (Å²) in [5.74, 6) is -0.996. The maximum atomic E-state index is 13.4. The predicted octanol–water partition coefficient (Wildman–Crippen LogP) is 1.90. The van der Waals surface area contributed by atoms with Crippen LogP contribution in [-0.4, -0.2) is 54.3 Å². The Kier molecular flexibility index (Phi) is 4.30. The van der Waals surface area contributed by atoms with Crippen molar-refractivity contribution < 1.29 is 13.6 Å². The number of amides is 2. The van der Waals surface area contributed by atoms with Gasteiger partial charge in [0.1, 0.15) is 0 Å². The summed E-state index contributed by atoms with van der Waals surface area (Å²) in [6.45, 7) is 3.89. The van der Waals surface area contributed by atoms with Gasteiger partial charge < -0.3 is 15.1 Å². The lowest BCUT2D eigenvalue weighted by Crippen LogP contribution is -2.51. The number of urea groups is 1. The largest absolute Gasteiger partial charge is 0.322 e. The van der Waals surface area contributed by atoms with E-state index >= 15 is 0 Å². The van der Waals surface area contributed by atoms with Crippen molar-refractivity contribution >= 4 is 17.8 Å². The number of halogens is 2. The highest BCUT2D eigenvalue weighted by atomic mass is 32.2. The number of hydrogen-bond donors (Lipinski definition) is 1. The third kappa shape index (κ3) is 3.13. The first-order valence-electron chi connectivity index (χ1n) is 7.00. The molecule has 114 valence electrons. The van der Waals surface area contributed by atoms with E-state index in [0.29, 0.717) is 37.5 Å². The van der Waals surface area contributed by atoms with E-state index in [2.05, 4.69) is 5.32 Å². The Bertz CT molecular complexity index is 549. The molecular weight excluding hydrogens is 296 g/mol. The Balaban J connectivity index is 1.78. The van der Waals surface area contributed by atoms with Gasteiger partial charge in [0.05, 0.1) is 0 Å². The number of nitrogens with one attached hydrogen (secondary N) is 1. The molecule has 21 heavy (non-hydrogen) atoms. The van der Waals surface area contributed by atoms with E-state index in [1.165, 1.54) is 23.9 Å². The maximum absolute atomic E-state index is 13.4. The van der Waals surface area contributed by atoms with Gasteiger partial charge in [-0.15, -0.1) is 11.8 Å². The minimum atomic E-state index is -0.856. The van der Waals surface area contributed by atoms with Crippen molar-refractivity contribution in [2.45, 2.75) is 11.4 Å². The average Bonchev–Trinajstić information content (AvgIpc) is 2.70. The van der Waals surface area contributed by atoms with Crippen molar-refractivity contribution in [3.63, 3.8) is 0 Å². The fourth-order valence-corrected chi connectivity index (χ4v) is 3.62. The Morgan fingerprint density at radius 3 is 2.57 bits per heavy atom. The first kappa shape index (κ1) is 14.6. The van der Waals surface area contributed by atoms with Crippen LogP contribution in [0.25, 0.3) is 0 Å². The summed E-state index contributed by atoms with van der Waals surface area (Å²) < 4.78 is 26.7. The third-order valence-corrected chi connectivity index (χ3v) is 4.82. The van der Waals surface area contributed by atoms with Crippen LogP contribution < -0.4 is 5.32 Å². The highest BCUT2D eigenvalue weighted by Crippen LogP contribution is 2.29. The molecule has 2 amide bonds. The summed E-state index contributed by atoms with van der Waals surface area (Å²) in [6.07, 6.45) is 0. The van der Waals surface area contributed by atoms with Crippen LogP contribution in [0.3, 0.4) is 0 Å². The summed E-state index contributed by atoms with van der Waals surface area (Å²) in [7, 11) is 0. The zero-order chi connectivity index (χ0) is 14.8. The van der Waals surface area contributed by atoms with Crippen LogP contribution in [-0.2, 0) is 6.54 Å². The molecule has 0 aliphatic carbocycles. The van der Waals surface area contributed by atoms with Crippen molar-refractivity contribution in [3.05, 3.63) is 29.3 Å². The molecule has 0 aromatic heterocycles. The molecule has 7 heteroatoms. The molecule has 1 saturated heterocycles. The number of thioether (sulfide) groups is 1. The molecule has 4 nitrogen and oxygen atoms in total. The van der Waals surface area contributed by atoms with Crippen LogP contribution in [0.4, 0.5) is 13.6 Å². The average molecular weight is 313 g/mol. The zero-order valence-corrected chi connectivity index (χ0v) is 12.4. The number of hydrogen-bond acceptors (Lipinski definition) is 3. The molecule has 2 aliphatic rings. The van der Waals surface area contributed by atoms with E-state index in [4.69, 9.17) is 0 Å². The van der Waals surface area contributed by atoms with Crippen LogP contribution in [0.2, 0.25) is 0 Å². The Hall–Kier alpha value is -1.34. The number of benzene rings is 1. The van der Waals surface area contributed by atoms with Gasteiger partial charge in [0.2, 0.25) is 0 Å². The van der Waals surface area contributed by atoms with Crippen molar-refractivity contribution in [2.24, 2.45) is 0 Å². The number of piperazine rings is 1. The molecule has 2 aliphatic heterocycles. The van der Waals surface area contributed by atoms with E-state index < -0.39 is 11.6 Å². The molecular formula is C14H17F2N3OS. The van der Waals surface area contributed by atoms with Crippen LogP contribution in [0.15, 0.2) is 17.0 Å². The van der Waals surface area contributed by atoms with E-state index in [-0.39, 0.29) is 6.03 Å². The molecule has 0 bridgehead atoms. The van der Waals surface area contributed by atoms with Gasteiger partial charge in [0.15, 0.2) is 11.6 Å². The van der Waals surface area contributed by atoms with Crippen molar-refractivity contribution in [3.8, 4) is 0 Å².